The van der Waals surface area contributed by atoms with Gasteiger partial charge in [-0.05, 0) is 12.1 Å². The van der Waals surface area contributed by atoms with E-state index in [-0.39, 0.29) is 17.1 Å². The monoisotopic (exact) mass is 281 g/mol. The molecule has 0 fully saturated rings. The Morgan fingerprint density at radius 3 is 3.00 bits per heavy atom. The van der Waals surface area contributed by atoms with Crippen LogP contribution in [0.1, 0.15) is 5.69 Å². The summed E-state index contributed by atoms with van der Waals surface area (Å²) in [4.78, 5) is 3.61. The SMILES string of the molecule is C#CCSCCNS(=O)(=O)c1cccnc1C#N. The van der Waals surface area contributed by atoms with E-state index in [9.17, 15) is 8.42 Å². The number of pyridine rings is 1. The number of hydrogen-bond donors (Lipinski definition) is 1. The molecule has 0 aliphatic heterocycles. The van der Waals surface area contributed by atoms with E-state index in [0.29, 0.717) is 11.5 Å². The van der Waals surface area contributed by atoms with E-state index in [2.05, 4.69) is 15.6 Å². The van der Waals surface area contributed by atoms with Crippen molar-refractivity contribution in [3.05, 3.63) is 24.0 Å². The second-order valence-corrected chi connectivity index (χ2v) is 5.96. The molecule has 0 aliphatic rings. The molecule has 7 heteroatoms. The minimum atomic E-state index is -3.69. The van der Waals surface area contributed by atoms with E-state index in [1.807, 2.05) is 0 Å². The highest BCUT2D eigenvalue weighted by Gasteiger charge is 2.18. The number of hydrogen-bond acceptors (Lipinski definition) is 5. The molecule has 0 atom stereocenters. The highest BCUT2D eigenvalue weighted by atomic mass is 32.2. The fourth-order valence-corrected chi connectivity index (χ4v) is 2.92. The number of nitrogens with zero attached hydrogens (tertiary/aromatic N) is 2. The van der Waals surface area contributed by atoms with Crippen LogP contribution in [0.5, 0.6) is 0 Å². The third kappa shape index (κ3) is 4.04. The van der Waals surface area contributed by atoms with Gasteiger partial charge in [0.1, 0.15) is 11.0 Å². The van der Waals surface area contributed by atoms with E-state index in [4.69, 9.17) is 11.7 Å². The highest BCUT2D eigenvalue weighted by molar-refractivity contribution is 7.99. The standard InChI is InChI=1S/C11H11N3O2S2/c1-2-7-17-8-6-14-18(15,16)11-4-3-5-13-10(11)9-12/h1,3-5,14H,6-8H2. The molecule has 0 saturated heterocycles. The molecule has 1 aromatic rings. The van der Waals surface area contributed by atoms with Crippen molar-refractivity contribution in [2.75, 3.05) is 18.1 Å². The van der Waals surface area contributed by atoms with Crippen molar-refractivity contribution in [2.24, 2.45) is 0 Å². The molecule has 1 heterocycles. The van der Waals surface area contributed by atoms with Gasteiger partial charge in [-0.25, -0.2) is 18.1 Å². The summed E-state index contributed by atoms with van der Waals surface area (Å²) < 4.78 is 26.2. The number of nitriles is 1. The quantitative estimate of drug-likeness (QED) is 0.610. The van der Waals surface area contributed by atoms with Crippen molar-refractivity contribution in [3.63, 3.8) is 0 Å². The normalized spacial score (nSPS) is 10.6. The van der Waals surface area contributed by atoms with Gasteiger partial charge in [0.05, 0.1) is 5.75 Å². The summed E-state index contributed by atoms with van der Waals surface area (Å²) in [6, 6.07) is 4.57. The molecule has 0 aliphatic carbocycles. The average Bonchev–Trinajstić information content (AvgIpc) is 2.38. The molecule has 0 saturated carbocycles. The topological polar surface area (TPSA) is 82.8 Å². The number of nitrogens with one attached hydrogen (secondary N) is 1. The van der Waals surface area contributed by atoms with Crippen molar-refractivity contribution in [2.45, 2.75) is 4.90 Å². The van der Waals surface area contributed by atoms with Crippen LogP contribution in [0.15, 0.2) is 23.2 Å². The summed E-state index contributed by atoms with van der Waals surface area (Å²) >= 11 is 1.46. The van der Waals surface area contributed by atoms with Gasteiger partial charge in [0, 0.05) is 18.5 Å². The first kappa shape index (κ1) is 14.5. The fourth-order valence-electron chi connectivity index (χ4n) is 1.15. The second kappa shape index (κ2) is 7.02. The van der Waals surface area contributed by atoms with Gasteiger partial charge in [0.2, 0.25) is 10.0 Å². The number of sulfonamides is 1. The van der Waals surface area contributed by atoms with Crippen LogP contribution in [-0.4, -0.2) is 31.5 Å². The van der Waals surface area contributed by atoms with Crippen LogP contribution < -0.4 is 4.72 Å². The average molecular weight is 281 g/mol. The van der Waals surface area contributed by atoms with Crippen molar-refractivity contribution in [1.29, 1.82) is 5.26 Å². The molecule has 0 aromatic carbocycles. The molecule has 0 amide bonds. The number of aromatic nitrogens is 1. The van der Waals surface area contributed by atoms with Crippen molar-refractivity contribution in [3.8, 4) is 18.4 Å². The Labute approximate surface area is 111 Å². The Hall–Kier alpha value is -1.54. The molecule has 1 rings (SSSR count). The first-order valence-electron chi connectivity index (χ1n) is 4.98. The van der Waals surface area contributed by atoms with E-state index >= 15 is 0 Å². The largest absolute Gasteiger partial charge is 0.244 e. The maximum atomic E-state index is 11.9. The summed E-state index contributed by atoms with van der Waals surface area (Å²) in [5.41, 5.74) is -0.110. The fraction of sp³-hybridized carbons (Fsp3) is 0.273. The van der Waals surface area contributed by atoms with Crippen molar-refractivity contribution < 1.29 is 8.42 Å². The van der Waals surface area contributed by atoms with Crippen LogP contribution in [0.4, 0.5) is 0 Å². The zero-order valence-electron chi connectivity index (χ0n) is 9.46. The van der Waals surface area contributed by atoms with Crippen LogP contribution in [0, 0.1) is 23.7 Å². The lowest BCUT2D eigenvalue weighted by molar-refractivity contribution is 0.583. The molecule has 94 valence electrons. The predicted molar refractivity (Wildman–Crippen MR) is 70.3 cm³/mol. The molecule has 5 nitrogen and oxygen atoms in total. The third-order valence-corrected chi connectivity index (χ3v) is 4.25. The molecule has 0 bridgehead atoms. The third-order valence-electron chi connectivity index (χ3n) is 1.89. The lowest BCUT2D eigenvalue weighted by Crippen LogP contribution is -2.27. The summed E-state index contributed by atoms with van der Waals surface area (Å²) in [5, 5.41) is 8.79. The summed E-state index contributed by atoms with van der Waals surface area (Å²) in [5.74, 6) is 3.56. The van der Waals surface area contributed by atoms with Crippen LogP contribution in [0.2, 0.25) is 0 Å². The molecule has 18 heavy (non-hydrogen) atoms. The smallest absolute Gasteiger partial charge is 0.243 e. The molecule has 1 aromatic heterocycles. The van der Waals surface area contributed by atoms with Crippen molar-refractivity contribution in [1.82, 2.24) is 9.71 Å². The molecular formula is C11H11N3O2S2. The Balaban J connectivity index is 2.70. The maximum Gasteiger partial charge on any atom is 0.243 e. The maximum absolute atomic E-state index is 11.9. The predicted octanol–water partition coefficient (Wildman–Crippen LogP) is 0.598. The van der Waals surface area contributed by atoms with Crippen LogP contribution in [-0.2, 0) is 10.0 Å². The molecule has 0 spiro atoms. The van der Waals surface area contributed by atoms with Gasteiger partial charge in [-0.1, -0.05) is 5.92 Å². The van der Waals surface area contributed by atoms with Gasteiger partial charge >= 0.3 is 0 Å². The number of terminal acetylenes is 1. The Bertz CT molecular complexity index is 585. The van der Waals surface area contributed by atoms with Crippen LogP contribution in [0.3, 0.4) is 0 Å². The Morgan fingerprint density at radius 1 is 1.56 bits per heavy atom. The first-order valence-corrected chi connectivity index (χ1v) is 7.61. The summed E-state index contributed by atoms with van der Waals surface area (Å²) in [6.45, 7) is 0.258. The van der Waals surface area contributed by atoms with Gasteiger partial charge in [-0.15, -0.1) is 18.2 Å². The molecule has 1 N–H and O–H groups in total. The van der Waals surface area contributed by atoms with Gasteiger partial charge < -0.3 is 0 Å². The van der Waals surface area contributed by atoms with Gasteiger partial charge in [-0.3, -0.25) is 0 Å². The zero-order chi connectivity index (χ0) is 13.4. The van der Waals surface area contributed by atoms with Gasteiger partial charge in [0.25, 0.3) is 0 Å². The lowest BCUT2D eigenvalue weighted by Gasteiger charge is -2.06. The Kier molecular flexibility index (Phi) is 5.66. The van der Waals surface area contributed by atoms with Gasteiger partial charge in [0.15, 0.2) is 5.69 Å². The minimum Gasteiger partial charge on any atom is -0.244 e. The number of thioether (sulfide) groups is 1. The van der Waals surface area contributed by atoms with E-state index in [1.165, 1.54) is 30.1 Å². The van der Waals surface area contributed by atoms with Gasteiger partial charge in [-0.2, -0.15) is 5.26 Å². The van der Waals surface area contributed by atoms with Crippen LogP contribution in [0.25, 0.3) is 0 Å². The van der Waals surface area contributed by atoms with Crippen molar-refractivity contribution >= 4 is 21.8 Å². The zero-order valence-corrected chi connectivity index (χ0v) is 11.1. The molecular weight excluding hydrogens is 270 g/mol. The summed E-state index contributed by atoms with van der Waals surface area (Å²) in [6.07, 6.45) is 6.45. The first-order chi connectivity index (χ1) is 8.61. The van der Waals surface area contributed by atoms with E-state index in [0.717, 1.165) is 0 Å². The lowest BCUT2D eigenvalue weighted by atomic mass is 10.4. The van der Waals surface area contributed by atoms with Crippen LogP contribution >= 0.6 is 11.8 Å². The minimum absolute atomic E-state index is 0.102. The highest BCUT2D eigenvalue weighted by Crippen LogP contribution is 2.11. The summed E-state index contributed by atoms with van der Waals surface area (Å²) in [7, 11) is -3.69. The van der Waals surface area contributed by atoms with E-state index in [1.54, 1.807) is 6.07 Å². The Morgan fingerprint density at radius 2 is 2.33 bits per heavy atom. The number of rotatable bonds is 6. The second-order valence-electron chi connectivity index (χ2n) is 3.12. The van der Waals surface area contributed by atoms with E-state index < -0.39 is 10.0 Å². The molecule has 0 unspecified atom stereocenters. The molecule has 0 radical (unpaired) electrons.